The number of piperazine rings is 1. The highest BCUT2D eigenvalue weighted by molar-refractivity contribution is 7.89. The van der Waals surface area contributed by atoms with E-state index in [9.17, 15) is 8.42 Å². The van der Waals surface area contributed by atoms with Crippen molar-refractivity contribution in [1.82, 2.24) is 9.21 Å². The summed E-state index contributed by atoms with van der Waals surface area (Å²) in [4.78, 5) is 5.14. The van der Waals surface area contributed by atoms with E-state index in [1.807, 2.05) is 13.8 Å². The molecular formula is C25H28ClN3O2S. The number of fused-ring (bicyclic) bond motifs is 2. The Balaban J connectivity index is 1.27. The third kappa shape index (κ3) is 3.50. The summed E-state index contributed by atoms with van der Waals surface area (Å²) in [7, 11) is -3.54. The Bertz CT molecular complexity index is 1260. The van der Waals surface area contributed by atoms with Gasteiger partial charge in [0.05, 0.1) is 10.4 Å². The van der Waals surface area contributed by atoms with Gasteiger partial charge < -0.3 is 4.90 Å². The van der Waals surface area contributed by atoms with Crippen LogP contribution in [0.15, 0.2) is 65.6 Å². The smallest absolute Gasteiger partial charge is 0.244 e. The molecule has 2 aliphatic rings. The number of rotatable bonds is 4. The molecule has 1 fully saturated rings. The van der Waals surface area contributed by atoms with Gasteiger partial charge in [0.1, 0.15) is 0 Å². The summed E-state index contributed by atoms with van der Waals surface area (Å²) in [5.41, 5.74) is 1.33. The van der Waals surface area contributed by atoms with Gasteiger partial charge in [-0.15, -0.1) is 0 Å². The minimum absolute atomic E-state index is 0.343. The molecule has 2 heterocycles. The Kier molecular flexibility index (Phi) is 5.45. The molecule has 0 unspecified atom stereocenters. The zero-order valence-electron chi connectivity index (χ0n) is 18.5. The van der Waals surface area contributed by atoms with Gasteiger partial charge in [-0.05, 0) is 37.4 Å². The summed E-state index contributed by atoms with van der Waals surface area (Å²) in [6, 6.07) is 20.1. The molecule has 1 saturated heterocycles. The third-order valence-corrected chi connectivity index (χ3v) is 9.31. The topological polar surface area (TPSA) is 43.9 Å². The Morgan fingerprint density at radius 3 is 2.31 bits per heavy atom. The number of anilines is 1. The SMILES string of the molecule is CC1(C)c2c(Cl)cccc2S(=O)(=O)N1CCN1CCN(c2cccc3ccccc23)CC1. The molecule has 32 heavy (non-hydrogen) atoms. The Morgan fingerprint density at radius 2 is 1.56 bits per heavy atom. The Hall–Kier alpha value is -2.12. The van der Waals surface area contributed by atoms with Crippen LogP contribution < -0.4 is 4.90 Å². The lowest BCUT2D eigenvalue weighted by atomic mass is 9.94. The van der Waals surface area contributed by atoms with Crippen LogP contribution in [-0.2, 0) is 15.6 Å². The first-order valence-electron chi connectivity index (χ1n) is 11.1. The first kappa shape index (κ1) is 21.7. The van der Waals surface area contributed by atoms with Gasteiger partial charge in [-0.2, -0.15) is 4.31 Å². The molecule has 168 valence electrons. The molecule has 0 spiro atoms. The van der Waals surface area contributed by atoms with Gasteiger partial charge in [0.2, 0.25) is 10.0 Å². The van der Waals surface area contributed by atoms with Crippen LogP contribution in [0.2, 0.25) is 5.02 Å². The lowest BCUT2D eigenvalue weighted by molar-refractivity contribution is 0.189. The van der Waals surface area contributed by atoms with E-state index in [-0.39, 0.29) is 0 Å². The minimum Gasteiger partial charge on any atom is -0.368 e. The van der Waals surface area contributed by atoms with Crippen molar-refractivity contribution in [2.24, 2.45) is 0 Å². The van der Waals surface area contributed by atoms with Crippen LogP contribution >= 0.6 is 11.6 Å². The summed E-state index contributed by atoms with van der Waals surface area (Å²) < 4.78 is 28.1. The van der Waals surface area contributed by atoms with Crippen LogP contribution in [0.4, 0.5) is 5.69 Å². The Morgan fingerprint density at radius 1 is 0.875 bits per heavy atom. The van der Waals surface area contributed by atoms with Crippen LogP contribution in [-0.4, -0.2) is 56.9 Å². The molecule has 0 atom stereocenters. The molecular weight excluding hydrogens is 442 g/mol. The summed E-state index contributed by atoms with van der Waals surface area (Å²) in [5, 5.41) is 3.05. The third-order valence-electron chi connectivity index (χ3n) is 6.88. The van der Waals surface area contributed by atoms with Crippen molar-refractivity contribution < 1.29 is 8.42 Å². The highest BCUT2D eigenvalue weighted by Gasteiger charge is 2.49. The fraction of sp³-hybridized carbons (Fsp3) is 0.360. The average Bonchev–Trinajstić information content (AvgIpc) is 2.94. The second kappa shape index (κ2) is 8.03. The molecule has 0 aliphatic carbocycles. The Labute approximate surface area is 195 Å². The monoisotopic (exact) mass is 469 g/mol. The number of nitrogens with zero attached hydrogens (tertiary/aromatic N) is 3. The first-order valence-corrected chi connectivity index (χ1v) is 12.9. The summed E-state index contributed by atoms with van der Waals surface area (Å²) >= 11 is 6.40. The largest absolute Gasteiger partial charge is 0.368 e. The van der Waals surface area contributed by atoms with Gasteiger partial charge in [0, 0.05) is 60.9 Å². The molecule has 0 aromatic heterocycles. The number of benzene rings is 3. The van der Waals surface area contributed by atoms with Crippen molar-refractivity contribution in [3.05, 3.63) is 71.2 Å². The lowest BCUT2D eigenvalue weighted by Gasteiger charge is -2.38. The van der Waals surface area contributed by atoms with Crippen LogP contribution in [0.1, 0.15) is 19.4 Å². The quantitative estimate of drug-likeness (QED) is 0.562. The lowest BCUT2D eigenvalue weighted by Crippen LogP contribution is -2.50. The van der Waals surface area contributed by atoms with Crippen LogP contribution in [0, 0.1) is 0 Å². The molecule has 0 saturated carbocycles. The molecule has 5 nitrogen and oxygen atoms in total. The van der Waals surface area contributed by atoms with Crippen molar-refractivity contribution in [2.75, 3.05) is 44.2 Å². The van der Waals surface area contributed by atoms with Crippen molar-refractivity contribution in [3.63, 3.8) is 0 Å². The number of sulfonamides is 1. The maximum Gasteiger partial charge on any atom is 0.244 e. The number of halogens is 1. The molecule has 0 radical (unpaired) electrons. The molecule has 5 rings (SSSR count). The second-order valence-electron chi connectivity index (χ2n) is 9.08. The van der Waals surface area contributed by atoms with Crippen LogP contribution in [0.25, 0.3) is 10.8 Å². The van der Waals surface area contributed by atoms with Gasteiger partial charge in [0.25, 0.3) is 0 Å². The molecule has 0 N–H and O–H groups in total. The average molecular weight is 470 g/mol. The van der Waals surface area contributed by atoms with Crippen LogP contribution in [0.5, 0.6) is 0 Å². The summed E-state index contributed by atoms with van der Waals surface area (Å²) in [6.45, 7) is 8.72. The van der Waals surface area contributed by atoms with Crippen molar-refractivity contribution in [2.45, 2.75) is 24.3 Å². The fourth-order valence-corrected chi connectivity index (χ4v) is 7.77. The van der Waals surface area contributed by atoms with E-state index in [0.29, 0.717) is 28.6 Å². The minimum atomic E-state index is -3.54. The highest BCUT2D eigenvalue weighted by Crippen LogP contribution is 2.46. The summed E-state index contributed by atoms with van der Waals surface area (Å²) in [6.07, 6.45) is 0. The van der Waals surface area contributed by atoms with Gasteiger partial charge >= 0.3 is 0 Å². The van der Waals surface area contributed by atoms with E-state index in [2.05, 4.69) is 52.3 Å². The molecule has 0 amide bonds. The summed E-state index contributed by atoms with van der Waals surface area (Å²) in [5.74, 6) is 0. The maximum atomic E-state index is 13.2. The van der Waals surface area contributed by atoms with E-state index >= 15 is 0 Å². The zero-order valence-corrected chi connectivity index (χ0v) is 20.0. The normalized spacial score (nSPS) is 20.5. The van der Waals surface area contributed by atoms with E-state index in [1.165, 1.54) is 16.5 Å². The van der Waals surface area contributed by atoms with Gasteiger partial charge in [0.15, 0.2) is 0 Å². The molecule has 7 heteroatoms. The van der Waals surface area contributed by atoms with Gasteiger partial charge in [-0.25, -0.2) is 8.42 Å². The van der Waals surface area contributed by atoms with E-state index in [1.54, 1.807) is 22.5 Å². The van der Waals surface area contributed by atoms with Gasteiger partial charge in [-0.1, -0.05) is 54.1 Å². The maximum absolute atomic E-state index is 13.2. The number of hydrogen-bond acceptors (Lipinski definition) is 4. The second-order valence-corrected chi connectivity index (χ2v) is 11.3. The fourth-order valence-electron chi connectivity index (χ4n) is 5.19. The predicted octanol–water partition coefficient (Wildman–Crippen LogP) is 4.55. The molecule has 0 bridgehead atoms. The van der Waals surface area contributed by atoms with E-state index < -0.39 is 15.6 Å². The van der Waals surface area contributed by atoms with E-state index in [0.717, 1.165) is 26.2 Å². The van der Waals surface area contributed by atoms with Crippen LogP contribution in [0.3, 0.4) is 0 Å². The van der Waals surface area contributed by atoms with Crippen molar-refractivity contribution >= 4 is 38.1 Å². The van der Waals surface area contributed by atoms with E-state index in [4.69, 9.17) is 11.6 Å². The molecule has 3 aromatic carbocycles. The standard InChI is InChI=1S/C25H28ClN3O2S/c1-25(2)24-21(26)10-6-12-23(24)32(30,31)29(25)18-15-27-13-16-28(17-14-27)22-11-5-8-19-7-3-4-9-20(19)22/h3-12H,13-18H2,1-2H3. The van der Waals surface area contributed by atoms with Crippen molar-refractivity contribution in [1.29, 1.82) is 0 Å². The number of hydrogen-bond donors (Lipinski definition) is 0. The zero-order chi connectivity index (χ0) is 22.5. The molecule has 3 aromatic rings. The molecule has 2 aliphatic heterocycles. The highest BCUT2D eigenvalue weighted by atomic mass is 35.5. The predicted molar refractivity (Wildman–Crippen MR) is 131 cm³/mol. The van der Waals surface area contributed by atoms with Gasteiger partial charge in [-0.3, -0.25) is 4.90 Å². The van der Waals surface area contributed by atoms with Crippen molar-refractivity contribution in [3.8, 4) is 0 Å². The first-order chi connectivity index (χ1) is 15.3.